The average molecular weight is 424 g/mol. The lowest BCUT2D eigenvalue weighted by atomic mass is 10.1. The van der Waals surface area contributed by atoms with Gasteiger partial charge >= 0.3 is 0 Å². The summed E-state index contributed by atoms with van der Waals surface area (Å²) in [6.07, 6.45) is 0.539. The highest BCUT2D eigenvalue weighted by atomic mass is 79.9. The molecule has 134 valence electrons. The molecule has 0 saturated heterocycles. The molecule has 1 aromatic heterocycles. The highest BCUT2D eigenvalue weighted by Gasteiger charge is 2.14. The van der Waals surface area contributed by atoms with Gasteiger partial charge in [0.25, 0.3) is 5.56 Å². The molecule has 0 aliphatic carbocycles. The van der Waals surface area contributed by atoms with Crippen LogP contribution in [-0.4, -0.2) is 27.3 Å². The third kappa shape index (κ3) is 5.44. The van der Waals surface area contributed by atoms with Crippen LogP contribution in [0.4, 0.5) is 0 Å². The molecule has 0 atom stereocenters. The van der Waals surface area contributed by atoms with Crippen LogP contribution < -0.4 is 10.9 Å². The zero-order valence-electron chi connectivity index (χ0n) is 14.8. The maximum atomic E-state index is 12.7. The number of nitrogens with one attached hydrogen (secondary N) is 1. The van der Waals surface area contributed by atoms with Crippen molar-refractivity contribution >= 4 is 33.6 Å². The molecule has 0 saturated carbocycles. The summed E-state index contributed by atoms with van der Waals surface area (Å²) in [6, 6.07) is 7.99. The molecule has 0 bridgehead atoms. The molecule has 7 heteroatoms. The molecule has 2 aromatic rings. The number of hydrogen-bond donors (Lipinski definition) is 1. The quantitative estimate of drug-likeness (QED) is 0.572. The summed E-state index contributed by atoms with van der Waals surface area (Å²) in [7, 11) is 1.70. The van der Waals surface area contributed by atoms with E-state index in [1.807, 2.05) is 45.0 Å². The molecule has 0 aliphatic rings. The first-order chi connectivity index (χ1) is 11.8. The van der Waals surface area contributed by atoms with Crippen LogP contribution in [-0.2, 0) is 18.3 Å². The number of carbonyl (C=O) groups excluding carboxylic acids is 1. The molecule has 2 rings (SSSR count). The van der Waals surface area contributed by atoms with Crippen LogP contribution in [0.25, 0.3) is 0 Å². The standard InChI is InChI=1S/C18H22BrN3O2S/c1-11(2)20-16(23)10-25-18-21-12(3)15(17(24)22(18)4)9-13-5-7-14(19)8-6-13/h5-8,11H,9-10H2,1-4H3,(H,20,23). The fourth-order valence-electron chi connectivity index (χ4n) is 2.36. The van der Waals surface area contributed by atoms with Crippen molar-refractivity contribution in [3.8, 4) is 0 Å². The van der Waals surface area contributed by atoms with E-state index in [2.05, 4.69) is 26.2 Å². The van der Waals surface area contributed by atoms with Crippen LogP contribution in [0, 0.1) is 6.92 Å². The van der Waals surface area contributed by atoms with Gasteiger partial charge in [0.1, 0.15) is 0 Å². The molecule has 1 aromatic carbocycles. The summed E-state index contributed by atoms with van der Waals surface area (Å²) >= 11 is 4.69. The van der Waals surface area contributed by atoms with Crippen molar-refractivity contribution in [1.82, 2.24) is 14.9 Å². The Morgan fingerprint density at radius 1 is 1.32 bits per heavy atom. The molecule has 0 fully saturated rings. The van der Waals surface area contributed by atoms with Gasteiger partial charge in [0.05, 0.1) is 5.75 Å². The third-order valence-electron chi connectivity index (χ3n) is 3.63. The van der Waals surface area contributed by atoms with Gasteiger partial charge < -0.3 is 5.32 Å². The first kappa shape index (κ1) is 19.7. The zero-order chi connectivity index (χ0) is 18.6. The summed E-state index contributed by atoms with van der Waals surface area (Å²) in [4.78, 5) is 29.0. The van der Waals surface area contributed by atoms with Gasteiger partial charge in [0.2, 0.25) is 5.91 Å². The van der Waals surface area contributed by atoms with Crippen LogP contribution in [0.2, 0.25) is 0 Å². The fourth-order valence-corrected chi connectivity index (χ4v) is 3.45. The maximum absolute atomic E-state index is 12.7. The highest BCUT2D eigenvalue weighted by Crippen LogP contribution is 2.17. The number of halogens is 1. The Morgan fingerprint density at radius 2 is 1.96 bits per heavy atom. The van der Waals surface area contributed by atoms with Crippen LogP contribution in [0.3, 0.4) is 0 Å². The predicted molar refractivity (Wildman–Crippen MR) is 105 cm³/mol. The van der Waals surface area contributed by atoms with Crippen molar-refractivity contribution in [2.24, 2.45) is 7.05 Å². The van der Waals surface area contributed by atoms with E-state index >= 15 is 0 Å². The third-order valence-corrected chi connectivity index (χ3v) is 5.18. The van der Waals surface area contributed by atoms with E-state index in [-0.39, 0.29) is 23.3 Å². The number of thioether (sulfide) groups is 1. The number of carbonyl (C=O) groups is 1. The molecule has 5 nitrogen and oxygen atoms in total. The lowest BCUT2D eigenvalue weighted by Crippen LogP contribution is -2.32. The van der Waals surface area contributed by atoms with Gasteiger partial charge in [0, 0.05) is 35.2 Å². The van der Waals surface area contributed by atoms with E-state index in [4.69, 9.17) is 0 Å². The van der Waals surface area contributed by atoms with E-state index < -0.39 is 0 Å². The average Bonchev–Trinajstić information content (AvgIpc) is 2.54. The van der Waals surface area contributed by atoms with Gasteiger partial charge in [-0.25, -0.2) is 4.98 Å². The predicted octanol–water partition coefficient (Wildman–Crippen LogP) is 3.06. The van der Waals surface area contributed by atoms with E-state index in [1.54, 1.807) is 7.05 Å². The molecule has 1 N–H and O–H groups in total. The number of aryl methyl sites for hydroxylation is 1. The Morgan fingerprint density at radius 3 is 2.56 bits per heavy atom. The Balaban J connectivity index is 2.19. The van der Waals surface area contributed by atoms with Crippen molar-refractivity contribution < 1.29 is 4.79 Å². The molecule has 1 heterocycles. The highest BCUT2D eigenvalue weighted by molar-refractivity contribution is 9.10. The molecule has 1 amide bonds. The largest absolute Gasteiger partial charge is 0.353 e. The number of rotatable bonds is 6. The Hall–Kier alpha value is -1.60. The van der Waals surface area contributed by atoms with E-state index in [1.165, 1.54) is 16.3 Å². The van der Waals surface area contributed by atoms with Crippen molar-refractivity contribution in [3.63, 3.8) is 0 Å². The summed E-state index contributed by atoms with van der Waals surface area (Å²) in [5, 5.41) is 3.39. The Bertz CT molecular complexity index is 816. The summed E-state index contributed by atoms with van der Waals surface area (Å²) < 4.78 is 2.53. The summed E-state index contributed by atoms with van der Waals surface area (Å²) in [6.45, 7) is 5.67. The monoisotopic (exact) mass is 423 g/mol. The van der Waals surface area contributed by atoms with E-state index in [0.717, 1.165) is 10.0 Å². The summed E-state index contributed by atoms with van der Waals surface area (Å²) in [5.74, 6) is 0.176. The Kier molecular flexibility index (Phi) is 6.84. The first-order valence-corrected chi connectivity index (χ1v) is 9.79. The minimum atomic E-state index is -0.0674. The smallest absolute Gasteiger partial charge is 0.257 e. The summed E-state index contributed by atoms with van der Waals surface area (Å²) in [5.41, 5.74) is 2.38. The number of hydrogen-bond acceptors (Lipinski definition) is 4. The van der Waals surface area contributed by atoms with Gasteiger partial charge in [-0.15, -0.1) is 0 Å². The molecular weight excluding hydrogens is 402 g/mol. The second-order valence-corrected chi connectivity index (χ2v) is 7.99. The molecular formula is C18H22BrN3O2S. The van der Waals surface area contributed by atoms with Gasteiger partial charge in [-0.05, 0) is 38.5 Å². The SMILES string of the molecule is Cc1nc(SCC(=O)NC(C)C)n(C)c(=O)c1Cc1ccc(Br)cc1. The minimum absolute atomic E-state index is 0.0640. The molecule has 0 aliphatic heterocycles. The van der Waals surface area contributed by atoms with Gasteiger partial charge in [-0.1, -0.05) is 39.8 Å². The molecule has 0 unspecified atom stereocenters. The maximum Gasteiger partial charge on any atom is 0.257 e. The molecule has 25 heavy (non-hydrogen) atoms. The number of nitrogens with zero attached hydrogens (tertiary/aromatic N) is 2. The van der Waals surface area contributed by atoms with Gasteiger partial charge in [0.15, 0.2) is 5.16 Å². The lowest BCUT2D eigenvalue weighted by molar-refractivity contribution is -0.119. The van der Waals surface area contributed by atoms with Crippen LogP contribution in [0.15, 0.2) is 38.7 Å². The van der Waals surface area contributed by atoms with Crippen LogP contribution in [0.5, 0.6) is 0 Å². The second kappa shape index (κ2) is 8.67. The normalized spacial score (nSPS) is 11.0. The topological polar surface area (TPSA) is 64.0 Å². The first-order valence-electron chi connectivity index (χ1n) is 8.01. The second-order valence-electron chi connectivity index (χ2n) is 6.14. The lowest BCUT2D eigenvalue weighted by Gasteiger charge is -2.13. The number of aromatic nitrogens is 2. The minimum Gasteiger partial charge on any atom is -0.353 e. The van der Waals surface area contributed by atoms with Crippen molar-refractivity contribution in [3.05, 3.63) is 55.9 Å². The molecule has 0 spiro atoms. The number of benzene rings is 1. The van der Waals surface area contributed by atoms with Crippen molar-refractivity contribution in [1.29, 1.82) is 0 Å². The molecule has 0 radical (unpaired) electrons. The van der Waals surface area contributed by atoms with E-state index in [9.17, 15) is 9.59 Å². The van der Waals surface area contributed by atoms with Gasteiger partial charge in [-0.3, -0.25) is 14.2 Å². The van der Waals surface area contributed by atoms with Crippen molar-refractivity contribution in [2.75, 3.05) is 5.75 Å². The van der Waals surface area contributed by atoms with Crippen LogP contribution in [0.1, 0.15) is 30.7 Å². The zero-order valence-corrected chi connectivity index (χ0v) is 17.2. The Labute approximate surface area is 160 Å². The van der Waals surface area contributed by atoms with E-state index in [0.29, 0.717) is 22.8 Å². The van der Waals surface area contributed by atoms with Crippen LogP contribution >= 0.6 is 27.7 Å². The van der Waals surface area contributed by atoms with Gasteiger partial charge in [-0.2, -0.15) is 0 Å². The fraction of sp³-hybridized carbons (Fsp3) is 0.389. The number of amides is 1. The van der Waals surface area contributed by atoms with Crippen molar-refractivity contribution in [2.45, 2.75) is 38.4 Å².